The predicted molar refractivity (Wildman–Crippen MR) is 62.1 cm³/mol. The smallest absolute Gasteiger partial charge is 0.183 e. The minimum Gasteiger partial charge on any atom is -0.508 e. The summed E-state index contributed by atoms with van der Waals surface area (Å²) in [6.07, 6.45) is 1.76. The van der Waals surface area contributed by atoms with E-state index in [0.717, 1.165) is 16.4 Å². The Balaban J connectivity index is 1.86. The lowest BCUT2D eigenvalue weighted by Crippen LogP contribution is -2.11. The third-order valence-electron chi connectivity index (χ3n) is 2.51. The van der Waals surface area contributed by atoms with E-state index in [1.54, 1.807) is 29.7 Å². The Hall–Kier alpha value is -1.75. The molecular weight excluding hydrogens is 224 g/mol. The second-order valence-corrected chi connectivity index (χ2v) is 4.46. The molecule has 1 aromatic heterocycles. The maximum atomic E-state index is 9.33. The molecule has 1 aromatic carbocycles. The monoisotopic (exact) mass is 234 g/mol. The van der Waals surface area contributed by atoms with Crippen molar-refractivity contribution in [3.05, 3.63) is 35.3 Å². The number of aromatic hydroxyl groups is 1. The van der Waals surface area contributed by atoms with Crippen LogP contribution in [0.3, 0.4) is 0 Å². The number of thiazole rings is 1. The van der Waals surface area contributed by atoms with Crippen LogP contribution in [0.5, 0.6) is 11.5 Å². The van der Waals surface area contributed by atoms with Crippen LogP contribution in [0.25, 0.3) is 0 Å². The van der Waals surface area contributed by atoms with Gasteiger partial charge < -0.3 is 15.2 Å². The molecule has 1 aliphatic heterocycles. The molecule has 2 heterocycles. The van der Waals surface area contributed by atoms with E-state index in [1.807, 2.05) is 11.4 Å². The van der Waals surface area contributed by atoms with Gasteiger partial charge in [0.1, 0.15) is 18.1 Å². The maximum Gasteiger partial charge on any atom is 0.183 e. The Morgan fingerprint density at radius 2 is 2.44 bits per heavy atom. The van der Waals surface area contributed by atoms with Crippen molar-refractivity contribution >= 4 is 16.5 Å². The second kappa shape index (κ2) is 3.68. The van der Waals surface area contributed by atoms with Gasteiger partial charge in [-0.1, -0.05) is 0 Å². The van der Waals surface area contributed by atoms with Crippen molar-refractivity contribution in [1.82, 2.24) is 4.98 Å². The normalized spacial score (nSPS) is 17.9. The first kappa shape index (κ1) is 9.47. The number of rotatable bonds is 2. The molecule has 2 aromatic rings. The van der Waals surface area contributed by atoms with Crippen LogP contribution in [0.15, 0.2) is 29.8 Å². The fourth-order valence-corrected chi connectivity index (χ4v) is 2.34. The van der Waals surface area contributed by atoms with Crippen molar-refractivity contribution in [2.24, 2.45) is 0 Å². The molecule has 2 N–H and O–H groups in total. The average Bonchev–Trinajstić information content (AvgIpc) is 2.89. The van der Waals surface area contributed by atoms with Gasteiger partial charge in [-0.15, -0.1) is 11.3 Å². The quantitative estimate of drug-likeness (QED) is 0.837. The van der Waals surface area contributed by atoms with Gasteiger partial charge in [0.15, 0.2) is 5.13 Å². The van der Waals surface area contributed by atoms with Gasteiger partial charge >= 0.3 is 0 Å². The number of fused-ring (bicyclic) bond motifs is 1. The third kappa shape index (κ3) is 1.59. The molecule has 0 radical (unpaired) electrons. The Morgan fingerprint density at radius 1 is 1.50 bits per heavy atom. The summed E-state index contributed by atoms with van der Waals surface area (Å²) in [5.41, 5.74) is 1.06. The van der Waals surface area contributed by atoms with E-state index in [0.29, 0.717) is 6.61 Å². The van der Waals surface area contributed by atoms with Crippen molar-refractivity contribution in [1.29, 1.82) is 0 Å². The number of nitrogens with zero attached hydrogens (tertiary/aromatic N) is 1. The summed E-state index contributed by atoms with van der Waals surface area (Å²) in [6, 6.07) is 5.30. The zero-order chi connectivity index (χ0) is 11.0. The molecule has 0 saturated carbocycles. The van der Waals surface area contributed by atoms with Crippen molar-refractivity contribution < 1.29 is 9.84 Å². The highest BCUT2D eigenvalue weighted by Gasteiger charge is 2.24. The van der Waals surface area contributed by atoms with Crippen molar-refractivity contribution in [2.45, 2.75) is 6.04 Å². The van der Waals surface area contributed by atoms with E-state index in [1.165, 1.54) is 0 Å². The van der Waals surface area contributed by atoms with Gasteiger partial charge in [0.05, 0.1) is 6.04 Å². The zero-order valence-electron chi connectivity index (χ0n) is 8.38. The summed E-state index contributed by atoms with van der Waals surface area (Å²) in [4.78, 5) is 4.17. The van der Waals surface area contributed by atoms with Gasteiger partial charge in [0.25, 0.3) is 0 Å². The maximum absolute atomic E-state index is 9.33. The van der Waals surface area contributed by atoms with Crippen LogP contribution in [0.4, 0.5) is 5.13 Å². The minimum absolute atomic E-state index is 0.113. The van der Waals surface area contributed by atoms with Gasteiger partial charge in [-0.3, -0.25) is 0 Å². The Kier molecular flexibility index (Phi) is 2.18. The molecule has 0 aliphatic carbocycles. The molecule has 0 fully saturated rings. The fraction of sp³-hybridized carbons (Fsp3) is 0.182. The lowest BCUT2D eigenvalue weighted by atomic mass is 10.1. The average molecular weight is 234 g/mol. The largest absolute Gasteiger partial charge is 0.508 e. The van der Waals surface area contributed by atoms with Crippen LogP contribution in [0, 0.1) is 0 Å². The third-order valence-corrected chi connectivity index (χ3v) is 3.21. The molecule has 5 heteroatoms. The van der Waals surface area contributed by atoms with E-state index in [4.69, 9.17) is 4.74 Å². The number of ether oxygens (including phenoxy) is 1. The number of hydrogen-bond donors (Lipinski definition) is 2. The van der Waals surface area contributed by atoms with Crippen LogP contribution in [-0.4, -0.2) is 16.7 Å². The number of aromatic nitrogens is 1. The van der Waals surface area contributed by atoms with Gasteiger partial charge in [-0.2, -0.15) is 0 Å². The lowest BCUT2D eigenvalue weighted by molar-refractivity contribution is 0.338. The lowest BCUT2D eigenvalue weighted by Gasteiger charge is -2.09. The number of benzene rings is 1. The summed E-state index contributed by atoms with van der Waals surface area (Å²) >= 11 is 1.56. The SMILES string of the molecule is Oc1ccc2c(c1)OCC2Nc1nccs1. The van der Waals surface area contributed by atoms with Crippen LogP contribution < -0.4 is 10.1 Å². The van der Waals surface area contributed by atoms with Gasteiger partial charge in [0, 0.05) is 23.2 Å². The molecule has 1 aliphatic rings. The van der Waals surface area contributed by atoms with Gasteiger partial charge in [0.2, 0.25) is 0 Å². The summed E-state index contributed by atoms with van der Waals surface area (Å²) in [6.45, 7) is 0.568. The van der Waals surface area contributed by atoms with E-state index < -0.39 is 0 Å². The molecule has 0 saturated heterocycles. The van der Waals surface area contributed by atoms with Crippen molar-refractivity contribution in [3.8, 4) is 11.5 Å². The van der Waals surface area contributed by atoms with Crippen molar-refractivity contribution in [3.63, 3.8) is 0 Å². The summed E-state index contributed by atoms with van der Waals surface area (Å²) in [5, 5.41) is 15.4. The highest BCUT2D eigenvalue weighted by atomic mass is 32.1. The van der Waals surface area contributed by atoms with E-state index >= 15 is 0 Å². The van der Waals surface area contributed by atoms with E-state index in [-0.39, 0.29) is 11.8 Å². The molecule has 1 atom stereocenters. The van der Waals surface area contributed by atoms with Crippen LogP contribution in [0.2, 0.25) is 0 Å². The molecule has 1 unspecified atom stereocenters. The van der Waals surface area contributed by atoms with E-state index in [2.05, 4.69) is 10.3 Å². The number of phenolic OH excluding ortho intramolecular Hbond substituents is 1. The number of hydrogen-bond acceptors (Lipinski definition) is 5. The Labute approximate surface area is 96.5 Å². The predicted octanol–water partition coefficient (Wildman–Crippen LogP) is 2.39. The first-order chi connectivity index (χ1) is 7.83. The minimum atomic E-state index is 0.113. The second-order valence-electron chi connectivity index (χ2n) is 3.57. The molecule has 16 heavy (non-hydrogen) atoms. The molecular formula is C11H10N2O2S. The molecule has 0 spiro atoms. The number of phenols is 1. The highest BCUT2D eigenvalue weighted by molar-refractivity contribution is 7.13. The Morgan fingerprint density at radius 3 is 3.25 bits per heavy atom. The first-order valence-electron chi connectivity index (χ1n) is 4.95. The molecule has 4 nitrogen and oxygen atoms in total. The fourth-order valence-electron chi connectivity index (χ4n) is 1.76. The van der Waals surface area contributed by atoms with Crippen LogP contribution in [-0.2, 0) is 0 Å². The number of anilines is 1. The topological polar surface area (TPSA) is 54.4 Å². The highest BCUT2D eigenvalue weighted by Crippen LogP contribution is 2.36. The molecule has 0 amide bonds. The Bertz CT molecular complexity index is 499. The van der Waals surface area contributed by atoms with Crippen LogP contribution >= 0.6 is 11.3 Å². The summed E-state index contributed by atoms with van der Waals surface area (Å²) in [7, 11) is 0. The standard InChI is InChI=1S/C11H10N2O2S/c14-7-1-2-8-9(6-15-10(8)5-7)13-11-12-3-4-16-11/h1-5,9,14H,6H2,(H,12,13). The summed E-state index contributed by atoms with van der Waals surface area (Å²) < 4.78 is 5.50. The van der Waals surface area contributed by atoms with Crippen molar-refractivity contribution in [2.75, 3.05) is 11.9 Å². The molecule has 0 bridgehead atoms. The van der Waals surface area contributed by atoms with Gasteiger partial charge in [-0.05, 0) is 12.1 Å². The molecule has 82 valence electrons. The van der Waals surface area contributed by atoms with Crippen LogP contribution in [0.1, 0.15) is 11.6 Å². The van der Waals surface area contributed by atoms with Gasteiger partial charge in [-0.25, -0.2) is 4.98 Å². The summed E-state index contributed by atoms with van der Waals surface area (Å²) in [5.74, 6) is 0.975. The van der Waals surface area contributed by atoms with E-state index in [9.17, 15) is 5.11 Å². The first-order valence-corrected chi connectivity index (χ1v) is 5.82. The number of nitrogens with one attached hydrogen (secondary N) is 1. The molecule has 3 rings (SSSR count). The zero-order valence-corrected chi connectivity index (χ0v) is 9.20.